The summed E-state index contributed by atoms with van der Waals surface area (Å²) in [6.45, 7) is 2.79. The highest BCUT2D eigenvalue weighted by molar-refractivity contribution is 7.27. The van der Waals surface area contributed by atoms with Crippen LogP contribution in [-0.4, -0.2) is 11.6 Å². The molecule has 0 aliphatic carbocycles. The van der Waals surface area contributed by atoms with E-state index in [1.807, 2.05) is 12.3 Å². The van der Waals surface area contributed by atoms with Gasteiger partial charge in [-0.1, -0.05) is 6.92 Å². The number of hydrogen-bond acceptors (Lipinski definition) is 5. The van der Waals surface area contributed by atoms with Gasteiger partial charge in [0.15, 0.2) is 0 Å². The van der Waals surface area contributed by atoms with Gasteiger partial charge in [0.1, 0.15) is 5.75 Å². The summed E-state index contributed by atoms with van der Waals surface area (Å²) in [6.07, 6.45) is 4.54. The zero-order valence-electron chi connectivity index (χ0n) is 11.2. The van der Waals surface area contributed by atoms with Crippen LogP contribution >= 0.6 is 22.7 Å². The Labute approximate surface area is 126 Å². The van der Waals surface area contributed by atoms with Gasteiger partial charge in [-0.15, -0.1) is 22.7 Å². The first kappa shape index (κ1) is 13.5. The zero-order valence-corrected chi connectivity index (χ0v) is 12.8. The minimum absolute atomic E-state index is 0.141. The molecular weight excluding hydrogens is 288 g/mol. The van der Waals surface area contributed by atoms with Crippen molar-refractivity contribution >= 4 is 32.1 Å². The van der Waals surface area contributed by atoms with E-state index in [-0.39, 0.29) is 6.04 Å². The molecule has 3 nitrogen and oxygen atoms in total. The number of nitrogens with zero attached hydrogens (tertiary/aromatic N) is 1. The van der Waals surface area contributed by atoms with Crippen LogP contribution < -0.4 is 10.5 Å². The molecule has 5 heteroatoms. The summed E-state index contributed by atoms with van der Waals surface area (Å²) >= 11 is 3.50. The number of thiophene rings is 2. The Hall–Kier alpha value is -1.43. The molecule has 3 aromatic rings. The summed E-state index contributed by atoms with van der Waals surface area (Å²) in [6, 6.07) is 6.16. The number of pyridine rings is 1. The molecule has 3 rings (SSSR count). The number of ether oxygens (including phenoxy) is 1. The van der Waals surface area contributed by atoms with Crippen LogP contribution in [0.4, 0.5) is 0 Å². The summed E-state index contributed by atoms with van der Waals surface area (Å²) in [4.78, 5) is 5.40. The van der Waals surface area contributed by atoms with Crippen molar-refractivity contribution in [1.82, 2.24) is 4.98 Å². The van der Waals surface area contributed by atoms with Gasteiger partial charge in [-0.05, 0) is 35.6 Å². The average Bonchev–Trinajstić information content (AvgIpc) is 3.06. The molecule has 3 heterocycles. The van der Waals surface area contributed by atoms with Crippen LogP contribution in [0.3, 0.4) is 0 Å². The van der Waals surface area contributed by atoms with Gasteiger partial charge in [-0.25, -0.2) is 0 Å². The van der Waals surface area contributed by atoms with Crippen LogP contribution in [0.5, 0.6) is 5.75 Å². The molecule has 104 valence electrons. The van der Waals surface area contributed by atoms with Crippen LogP contribution in [0, 0.1) is 0 Å². The molecule has 0 saturated carbocycles. The summed E-state index contributed by atoms with van der Waals surface area (Å²) in [5.74, 6) is 0.790. The fraction of sp³-hybridized carbons (Fsp3) is 0.267. The number of fused-ring (bicyclic) bond motifs is 1. The molecule has 0 aromatic carbocycles. The van der Waals surface area contributed by atoms with Crippen LogP contribution in [-0.2, 0) is 0 Å². The average molecular weight is 304 g/mol. The predicted molar refractivity (Wildman–Crippen MR) is 85.8 cm³/mol. The topological polar surface area (TPSA) is 48.1 Å². The molecule has 1 unspecified atom stereocenters. The van der Waals surface area contributed by atoms with Crippen LogP contribution in [0.25, 0.3) is 9.40 Å². The first-order valence-electron chi connectivity index (χ1n) is 6.58. The van der Waals surface area contributed by atoms with Crippen molar-refractivity contribution < 1.29 is 4.74 Å². The van der Waals surface area contributed by atoms with Gasteiger partial charge in [0.2, 0.25) is 0 Å². The predicted octanol–water partition coefficient (Wildman–Crippen LogP) is 4.19. The quantitative estimate of drug-likeness (QED) is 0.768. The monoisotopic (exact) mass is 304 g/mol. The Balaban J connectivity index is 1.85. The van der Waals surface area contributed by atoms with Crippen molar-refractivity contribution in [3.05, 3.63) is 46.4 Å². The van der Waals surface area contributed by atoms with E-state index < -0.39 is 0 Å². The van der Waals surface area contributed by atoms with E-state index in [4.69, 9.17) is 10.5 Å². The molecule has 0 radical (unpaired) electrons. The SMILES string of the molecule is CCCOc1cncc(C(N)c2cc3sccc3s2)c1. The summed E-state index contributed by atoms with van der Waals surface area (Å²) in [5.41, 5.74) is 7.35. The normalized spacial score (nSPS) is 12.7. The highest BCUT2D eigenvalue weighted by Crippen LogP contribution is 2.35. The van der Waals surface area contributed by atoms with E-state index in [2.05, 4.69) is 29.4 Å². The van der Waals surface area contributed by atoms with Gasteiger partial charge >= 0.3 is 0 Å². The molecular formula is C15H16N2OS2. The number of rotatable bonds is 5. The van der Waals surface area contributed by atoms with E-state index in [0.717, 1.165) is 17.7 Å². The van der Waals surface area contributed by atoms with E-state index in [0.29, 0.717) is 6.61 Å². The third kappa shape index (κ3) is 2.70. The lowest BCUT2D eigenvalue weighted by molar-refractivity contribution is 0.315. The number of hydrogen-bond donors (Lipinski definition) is 1. The van der Waals surface area contributed by atoms with E-state index in [1.54, 1.807) is 28.9 Å². The van der Waals surface area contributed by atoms with E-state index >= 15 is 0 Å². The smallest absolute Gasteiger partial charge is 0.137 e. The standard InChI is InChI=1S/C15H16N2OS2/c1-2-4-18-11-6-10(8-17-9-11)15(16)14-7-13-12(20-14)3-5-19-13/h3,5-9,15H,2,4,16H2,1H3. The zero-order chi connectivity index (χ0) is 13.9. The highest BCUT2D eigenvalue weighted by atomic mass is 32.1. The van der Waals surface area contributed by atoms with E-state index in [1.165, 1.54) is 14.3 Å². The lowest BCUT2D eigenvalue weighted by Crippen LogP contribution is -2.10. The molecule has 0 fully saturated rings. The maximum absolute atomic E-state index is 6.36. The molecule has 0 aliphatic rings. The minimum atomic E-state index is -0.141. The second-order valence-corrected chi connectivity index (χ2v) is 6.64. The van der Waals surface area contributed by atoms with Crippen LogP contribution in [0.2, 0.25) is 0 Å². The summed E-state index contributed by atoms with van der Waals surface area (Å²) in [7, 11) is 0. The summed E-state index contributed by atoms with van der Waals surface area (Å²) in [5, 5.41) is 2.11. The van der Waals surface area contributed by atoms with Gasteiger partial charge in [0, 0.05) is 20.5 Å². The molecule has 0 spiro atoms. The fourth-order valence-corrected chi connectivity index (χ4v) is 4.16. The van der Waals surface area contributed by atoms with Gasteiger partial charge in [-0.3, -0.25) is 4.98 Å². The number of nitrogens with two attached hydrogens (primary N) is 1. The molecule has 0 aliphatic heterocycles. The largest absolute Gasteiger partial charge is 0.492 e. The van der Waals surface area contributed by atoms with Crippen molar-refractivity contribution in [2.45, 2.75) is 19.4 Å². The Bertz CT molecular complexity index is 676. The molecule has 0 saturated heterocycles. The Morgan fingerprint density at radius 1 is 1.30 bits per heavy atom. The van der Waals surface area contributed by atoms with E-state index in [9.17, 15) is 0 Å². The minimum Gasteiger partial charge on any atom is -0.492 e. The second kappa shape index (κ2) is 5.91. The van der Waals surface area contributed by atoms with Crippen LogP contribution in [0.1, 0.15) is 29.8 Å². The third-order valence-corrected chi connectivity index (χ3v) is 5.21. The van der Waals surface area contributed by atoms with Gasteiger partial charge in [0.25, 0.3) is 0 Å². The molecule has 3 aromatic heterocycles. The Morgan fingerprint density at radius 2 is 2.20 bits per heavy atom. The van der Waals surface area contributed by atoms with Crippen molar-refractivity contribution in [1.29, 1.82) is 0 Å². The van der Waals surface area contributed by atoms with Crippen molar-refractivity contribution in [3.8, 4) is 5.75 Å². The van der Waals surface area contributed by atoms with Gasteiger partial charge in [-0.2, -0.15) is 0 Å². The van der Waals surface area contributed by atoms with Crippen molar-refractivity contribution in [3.63, 3.8) is 0 Å². The molecule has 1 atom stereocenters. The third-order valence-electron chi connectivity index (χ3n) is 3.03. The molecule has 20 heavy (non-hydrogen) atoms. The van der Waals surface area contributed by atoms with Crippen molar-refractivity contribution in [2.75, 3.05) is 6.61 Å². The maximum atomic E-state index is 6.36. The maximum Gasteiger partial charge on any atom is 0.137 e. The highest BCUT2D eigenvalue weighted by Gasteiger charge is 2.14. The van der Waals surface area contributed by atoms with Crippen LogP contribution in [0.15, 0.2) is 36.0 Å². The number of aromatic nitrogens is 1. The van der Waals surface area contributed by atoms with Gasteiger partial charge < -0.3 is 10.5 Å². The summed E-state index contributed by atoms with van der Waals surface area (Å²) < 4.78 is 8.21. The Kier molecular flexibility index (Phi) is 4.00. The molecule has 2 N–H and O–H groups in total. The molecule has 0 bridgehead atoms. The first-order valence-corrected chi connectivity index (χ1v) is 8.28. The fourth-order valence-electron chi connectivity index (χ4n) is 2.01. The first-order chi connectivity index (χ1) is 9.78. The van der Waals surface area contributed by atoms with Gasteiger partial charge in [0.05, 0.1) is 18.8 Å². The van der Waals surface area contributed by atoms with Crippen molar-refractivity contribution in [2.24, 2.45) is 5.73 Å². The lowest BCUT2D eigenvalue weighted by Gasteiger charge is -2.11. The second-order valence-electron chi connectivity index (χ2n) is 4.58. The Morgan fingerprint density at radius 3 is 3.00 bits per heavy atom. The lowest BCUT2D eigenvalue weighted by atomic mass is 10.1. The molecule has 0 amide bonds.